The van der Waals surface area contributed by atoms with Gasteiger partial charge in [-0.05, 0) is 13.0 Å². The molecule has 0 aliphatic heterocycles. The molecule has 1 aromatic rings. The van der Waals surface area contributed by atoms with Gasteiger partial charge in [0.25, 0.3) is 0 Å². The highest BCUT2D eigenvalue weighted by atomic mass is 16.7. The van der Waals surface area contributed by atoms with Gasteiger partial charge in [0.05, 0.1) is 6.07 Å². The number of hydrogen-bond donors (Lipinski definition) is 1. The van der Waals surface area contributed by atoms with Gasteiger partial charge in [-0.2, -0.15) is 0 Å². The summed E-state index contributed by atoms with van der Waals surface area (Å²) in [6, 6.07) is 5.09. The molecule has 0 amide bonds. The van der Waals surface area contributed by atoms with Crippen molar-refractivity contribution in [3.05, 3.63) is 24.4 Å². The molecule has 0 spiro atoms. The number of aromatic nitrogens is 1. The van der Waals surface area contributed by atoms with Crippen LogP contribution in [0.25, 0.3) is 0 Å². The standard InChI is InChI=1S/C7H9NO2/c1-2-10-8-6-4-3-5-7(8)9/h3-6H,2H2,1H3/p+1. The maximum Gasteiger partial charge on any atom is 0.414 e. The molecule has 0 aliphatic rings. The lowest BCUT2D eigenvalue weighted by atomic mass is 10.5. The summed E-state index contributed by atoms with van der Waals surface area (Å²) in [7, 11) is 0. The second-order valence-corrected chi connectivity index (χ2v) is 1.80. The van der Waals surface area contributed by atoms with Crippen LogP contribution in [-0.2, 0) is 0 Å². The minimum absolute atomic E-state index is 0.115. The van der Waals surface area contributed by atoms with Crippen LogP contribution in [0.3, 0.4) is 0 Å². The van der Waals surface area contributed by atoms with Crippen LogP contribution in [0.1, 0.15) is 6.92 Å². The van der Waals surface area contributed by atoms with Crippen molar-refractivity contribution in [3.8, 4) is 5.88 Å². The molecule has 10 heavy (non-hydrogen) atoms. The van der Waals surface area contributed by atoms with Crippen LogP contribution in [0.4, 0.5) is 0 Å². The van der Waals surface area contributed by atoms with E-state index in [2.05, 4.69) is 0 Å². The van der Waals surface area contributed by atoms with Crippen LogP contribution in [-0.4, -0.2) is 11.7 Å². The number of aromatic hydroxyl groups is 1. The zero-order valence-corrected chi connectivity index (χ0v) is 5.82. The Morgan fingerprint density at radius 1 is 1.60 bits per heavy atom. The first-order chi connectivity index (χ1) is 4.84. The predicted octanol–water partition coefficient (Wildman–Crippen LogP) is 0.128. The lowest BCUT2D eigenvalue weighted by Gasteiger charge is -1.93. The van der Waals surface area contributed by atoms with Crippen molar-refractivity contribution in [2.24, 2.45) is 0 Å². The zero-order valence-electron chi connectivity index (χ0n) is 5.82. The Labute approximate surface area is 59.5 Å². The molecule has 0 saturated carbocycles. The van der Waals surface area contributed by atoms with Crippen molar-refractivity contribution >= 4 is 0 Å². The highest BCUT2D eigenvalue weighted by Crippen LogP contribution is 1.94. The summed E-state index contributed by atoms with van der Waals surface area (Å²) < 4.78 is 1.32. The van der Waals surface area contributed by atoms with E-state index in [1.807, 2.05) is 6.92 Å². The fourth-order valence-corrected chi connectivity index (χ4v) is 0.668. The Morgan fingerprint density at radius 2 is 2.40 bits per heavy atom. The summed E-state index contributed by atoms with van der Waals surface area (Å²) in [5.74, 6) is 0.115. The lowest BCUT2D eigenvalue weighted by Crippen LogP contribution is -2.41. The average Bonchev–Trinajstić information content (AvgIpc) is 1.94. The van der Waals surface area contributed by atoms with E-state index in [0.29, 0.717) is 6.61 Å². The van der Waals surface area contributed by atoms with Gasteiger partial charge in [0.2, 0.25) is 6.20 Å². The first-order valence-electron chi connectivity index (χ1n) is 3.17. The highest BCUT2D eigenvalue weighted by molar-refractivity contribution is 4.99. The van der Waals surface area contributed by atoms with Gasteiger partial charge < -0.3 is 5.11 Å². The molecule has 54 valence electrons. The summed E-state index contributed by atoms with van der Waals surface area (Å²) in [4.78, 5) is 5.00. The molecule has 1 heterocycles. The maximum atomic E-state index is 9.08. The molecule has 0 bridgehead atoms. The zero-order chi connectivity index (χ0) is 7.40. The lowest BCUT2D eigenvalue weighted by molar-refractivity contribution is -0.893. The van der Waals surface area contributed by atoms with Gasteiger partial charge in [-0.3, -0.25) is 4.84 Å². The fraction of sp³-hybridized carbons (Fsp3) is 0.286. The second-order valence-electron chi connectivity index (χ2n) is 1.80. The molecule has 1 rings (SSSR count). The third-order valence-corrected chi connectivity index (χ3v) is 1.07. The molecule has 0 fully saturated rings. The van der Waals surface area contributed by atoms with Gasteiger partial charge in [0, 0.05) is 10.8 Å². The normalized spacial score (nSPS) is 9.30. The molecular weight excluding hydrogens is 130 g/mol. The quantitative estimate of drug-likeness (QED) is 0.592. The summed E-state index contributed by atoms with van der Waals surface area (Å²) in [6.45, 7) is 2.40. The van der Waals surface area contributed by atoms with E-state index in [0.717, 1.165) is 0 Å². The molecule has 0 aromatic carbocycles. The summed E-state index contributed by atoms with van der Waals surface area (Å²) in [5, 5.41) is 9.08. The monoisotopic (exact) mass is 140 g/mol. The van der Waals surface area contributed by atoms with E-state index < -0.39 is 0 Å². The van der Waals surface area contributed by atoms with Crippen LogP contribution in [0.15, 0.2) is 24.4 Å². The third-order valence-electron chi connectivity index (χ3n) is 1.07. The van der Waals surface area contributed by atoms with Crippen LogP contribution < -0.4 is 9.57 Å². The Morgan fingerprint density at radius 3 is 3.00 bits per heavy atom. The molecule has 1 aromatic heterocycles. The molecule has 0 saturated heterocycles. The van der Waals surface area contributed by atoms with Gasteiger partial charge in [0.15, 0.2) is 6.61 Å². The predicted molar refractivity (Wildman–Crippen MR) is 35.4 cm³/mol. The molecule has 3 heteroatoms. The van der Waals surface area contributed by atoms with Crippen molar-refractivity contribution in [1.29, 1.82) is 0 Å². The minimum Gasteiger partial charge on any atom is -0.457 e. The average molecular weight is 140 g/mol. The Balaban J connectivity index is 2.81. The van der Waals surface area contributed by atoms with Crippen LogP contribution in [0, 0.1) is 0 Å². The first kappa shape index (κ1) is 6.86. The van der Waals surface area contributed by atoms with E-state index in [-0.39, 0.29) is 5.88 Å². The molecule has 0 atom stereocenters. The molecule has 3 nitrogen and oxygen atoms in total. The van der Waals surface area contributed by atoms with Gasteiger partial charge >= 0.3 is 5.88 Å². The summed E-state index contributed by atoms with van der Waals surface area (Å²) >= 11 is 0. The van der Waals surface area contributed by atoms with Crippen molar-refractivity contribution < 1.29 is 14.7 Å². The third kappa shape index (κ3) is 1.37. The maximum absolute atomic E-state index is 9.08. The molecule has 0 radical (unpaired) electrons. The summed E-state index contributed by atoms with van der Waals surface area (Å²) in [6.07, 6.45) is 1.65. The molecule has 1 N–H and O–H groups in total. The van der Waals surface area contributed by atoms with Crippen LogP contribution >= 0.6 is 0 Å². The minimum atomic E-state index is 0.115. The van der Waals surface area contributed by atoms with E-state index in [1.54, 1.807) is 24.4 Å². The Kier molecular flexibility index (Phi) is 2.10. The fourth-order valence-electron chi connectivity index (χ4n) is 0.668. The number of rotatable bonds is 2. The van der Waals surface area contributed by atoms with Crippen molar-refractivity contribution in [2.45, 2.75) is 6.92 Å². The molecular formula is C7H10NO2+. The number of nitrogens with zero attached hydrogens (tertiary/aromatic N) is 1. The van der Waals surface area contributed by atoms with E-state index in [4.69, 9.17) is 9.94 Å². The van der Waals surface area contributed by atoms with Gasteiger partial charge in [-0.1, -0.05) is 0 Å². The van der Waals surface area contributed by atoms with E-state index in [1.165, 1.54) is 4.73 Å². The molecule has 0 aliphatic carbocycles. The Bertz CT molecular complexity index is 213. The van der Waals surface area contributed by atoms with Gasteiger partial charge in [-0.15, -0.1) is 0 Å². The van der Waals surface area contributed by atoms with Crippen molar-refractivity contribution in [1.82, 2.24) is 0 Å². The second kappa shape index (κ2) is 3.06. The van der Waals surface area contributed by atoms with Gasteiger partial charge in [-0.25, -0.2) is 0 Å². The van der Waals surface area contributed by atoms with Crippen molar-refractivity contribution in [2.75, 3.05) is 6.61 Å². The molecule has 0 unspecified atom stereocenters. The van der Waals surface area contributed by atoms with E-state index >= 15 is 0 Å². The Hall–Kier alpha value is -1.25. The topological polar surface area (TPSA) is 33.3 Å². The van der Waals surface area contributed by atoms with Crippen LogP contribution in [0.2, 0.25) is 0 Å². The van der Waals surface area contributed by atoms with Gasteiger partial charge in [0.1, 0.15) is 0 Å². The largest absolute Gasteiger partial charge is 0.457 e. The van der Waals surface area contributed by atoms with Crippen LogP contribution in [0.5, 0.6) is 5.88 Å². The number of hydrogen-bond acceptors (Lipinski definition) is 2. The highest BCUT2D eigenvalue weighted by Gasteiger charge is 2.05. The first-order valence-corrected chi connectivity index (χ1v) is 3.17. The van der Waals surface area contributed by atoms with E-state index in [9.17, 15) is 0 Å². The number of pyridine rings is 1. The van der Waals surface area contributed by atoms with Crippen molar-refractivity contribution in [3.63, 3.8) is 0 Å². The smallest absolute Gasteiger partial charge is 0.414 e. The summed E-state index contributed by atoms with van der Waals surface area (Å²) in [5.41, 5.74) is 0. The SMILES string of the molecule is CCO[n+]1ccccc1O.